The first-order valence-electron chi connectivity index (χ1n) is 7.44. The minimum atomic E-state index is -1.21. The predicted molar refractivity (Wildman–Crippen MR) is 83.5 cm³/mol. The zero-order chi connectivity index (χ0) is 16.6. The zero-order valence-electron chi connectivity index (χ0n) is 12.5. The molecule has 0 radical (unpaired) electrons. The van der Waals surface area contributed by atoms with E-state index in [1.807, 2.05) is 6.07 Å². The summed E-state index contributed by atoms with van der Waals surface area (Å²) in [5.74, 6) is -0.0785. The van der Waals surface area contributed by atoms with Gasteiger partial charge in [0.15, 0.2) is 0 Å². The fourth-order valence-electron chi connectivity index (χ4n) is 2.76. The van der Waals surface area contributed by atoms with E-state index in [1.165, 1.54) is 18.2 Å². The Hall–Kier alpha value is -1.85. The Kier molecular flexibility index (Phi) is 4.41. The standard InChI is InChI=1S/C17H17ClFNO3/c1-9(16(21)15-12(18)4-2-5-13(15)19)20-17(22)11-8-10(11)14-6-3-7-23-14/h2-7,9-11,16,21H,8H2,1H3,(H,20,22)/t9-,10-,11+,16+/m0/s1. The van der Waals surface area contributed by atoms with Gasteiger partial charge in [0.2, 0.25) is 5.91 Å². The SMILES string of the molecule is C[C@H](NC(=O)[C@@H]1C[C@@H]1c1ccco1)[C@@H](O)c1c(F)cccc1Cl. The minimum absolute atomic E-state index is 0.000322. The smallest absolute Gasteiger partial charge is 0.224 e. The molecule has 3 rings (SSSR count). The number of amides is 1. The molecule has 1 amide bonds. The molecular weight excluding hydrogens is 321 g/mol. The lowest BCUT2D eigenvalue weighted by Crippen LogP contribution is -2.38. The van der Waals surface area contributed by atoms with Crippen molar-refractivity contribution in [2.24, 2.45) is 5.92 Å². The summed E-state index contributed by atoms with van der Waals surface area (Å²) in [7, 11) is 0. The van der Waals surface area contributed by atoms with Crippen LogP contribution < -0.4 is 5.32 Å². The molecule has 1 saturated carbocycles. The number of halogens is 2. The second-order valence-electron chi connectivity index (χ2n) is 5.84. The van der Waals surface area contributed by atoms with E-state index in [0.29, 0.717) is 6.42 Å². The first-order valence-corrected chi connectivity index (χ1v) is 7.82. The van der Waals surface area contributed by atoms with Crippen LogP contribution in [0.4, 0.5) is 4.39 Å². The summed E-state index contributed by atoms with van der Waals surface area (Å²) in [4.78, 5) is 12.2. The van der Waals surface area contributed by atoms with E-state index in [1.54, 1.807) is 19.3 Å². The largest absolute Gasteiger partial charge is 0.469 e. The van der Waals surface area contributed by atoms with E-state index in [4.69, 9.17) is 16.0 Å². The summed E-state index contributed by atoms with van der Waals surface area (Å²) >= 11 is 5.95. The third-order valence-corrected chi connectivity index (χ3v) is 4.50. The Labute approximate surface area is 138 Å². The van der Waals surface area contributed by atoms with Gasteiger partial charge in [-0.2, -0.15) is 0 Å². The van der Waals surface area contributed by atoms with E-state index in [-0.39, 0.29) is 28.3 Å². The fourth-order valence-corrected chi connectivity index (χ4v) is 3.03. The molecule has 1 aromatic carbocycles. The van der Waals surface area contributed by atoms with Gasteiger partial charge < -0.3 is 14.8 Å². The maximum Gasteiger partial charge on any atom is 0.224 e. The summed E-state index contributed by atoms with van der Waals surface area (Å²) in [5.41, 5.74) is 0.000322. The quantitative estimate of drug-likeness (QED) is 0.878. The van der Waals surface area contributed by atoms with E-state index in [0.717, 1.165) is 5.76 Å². The number of aliphatic hydroxyl groups is 1. The predicted octanol–water partition coefficient (Wildman–Crippen LogP) is 3.41. The van der Waals surface area contributed by atoms with Crippen molar-refractivity contribution >= 4 is 17.5 Å². The highest BCUT2D eigenvalue weighted by molar-refractivity contribution is 6.31. The van der Waals surface area contributed by atoms with Crippen molar-refractivity contribution in [1.29, 1.82) is 0 Å². The molecule has 0 bridgehead atoms. The first kappa shape index (κ1) is 16.0. The maximum atomic E-state index is 13.8. The highest BCUT2D eigenvalue weighted by atomic mass is 35.5. The third-order valence-electron chi connectivity index (χ3n) is 4.17. The molecule has 0 aliphatic heterocycles. The number of aliphatic hydroxyl groups excluding tert-OH is 1. The average Bonchev–Trinajstić information content (AvgIpc) is 3.13. The molecule has 4 nitrogen and oxygen atoms in total. The Morgan fingerprint density at radius 3 is 2.87 bits per heavy atom. The van der Waals surface area contributed by atoms with Crippen molar-refractivity contribution in [3.8, 4) is 0 Å². The minimum Gasteiger partial charge on any atom is -0.469 e. The van der Waals surface area contributed by atoms with Crippen molar-refractivity contribution in [1.82, 2.24) is 5.32 Å². The summed E-state index contributed by atoms with van der Waals surface area (Å²) in [5, 5.41) is 13.2. The molecule has 2 aromatic rings. The van der Waals surface area contributed by atoms with Crippen LogP contribution in [0.25, 0.3) is 0 Å². The number of hydrogen-bond donors (Lipinski definition) is 2. The van der Waals surface area contributed by atoms with Crippen LogP contribution in [0.3, 0.4) is 0 Å². The van der Waals surface area contributed by atoms with E-state index >= 15 is 0 Å². The van der Waals surface area contributed by atoms with Gasteiger partial charge in [0.1, 0.15) is 17.7 Å². The number of rotatable bonds is 5. The van der Waals surface area contributed by atoms with Gasteiger partial charge >= 0.3 is 0 Å². The van der Waals surface area contributed by atoms with Gasteiger partial charge in [-0.15, -0.1) is 0 Å². The molecule has 1 fully saturated rings. The highest BCUT2D eigenvalue weighted by Crippen LogP contribution is 2.47. The second kappa shape index (κ2) is 6.34. The van der Waals surface area contributed by atoms with E-state index in [9.17, 15) is 14.3 Å². The molecule has 1 aromatic heterocycles. The number of nitrogens with one attached hydrogen (secondary N) is 1. The molecule has 1 aliphatic rings. The van der Waals surface area contributed by atoms with Crippen LogP contribution in [0.2, 0.25) is 5.02 Å². The van der Waals surface area contributed by atoms with Crippen LogP contribution in [-0.2, 0) is 4.79 Å². The molecule has 0 saturated heterocycles. The van der Waals surface area contributed by atoms with Crippen molar-refractivity contribution in [2.75, 3.05) is 0 Å². The molecular formula is C17H17ClFNO3. The Bertz CT molecular complexity index is 684. The van der Waals surface area contributed by atoms with Crippen molar-refractivity contribution in [3.63, 3.8) is 0 Å². The van der Waals surface area contributed by atoms with Gasteiger partial charge in [0, 0.05) is 22.4 Å². The van der Waals surface area contributed by atoms with Crippen LogP contribution in [0.15, 0.2) is 41.0 Å². The monoisotopic (exact) mass is 337 g/mol. The van der Waals surface area contributed by atoms with Crippen molar-refractivity contribution in [3.05, 3.63) is 58.8 Å². The van der Waals surface area contributed by atoms with E-state index < -0.39 is 18.0 Å². The fraction of sp³-hybridized carbons (Fsp3) is 0.353. The Balaban J connectivity index is 1.63. The molecule has 1 aliphatic carbocycles. The lowest BCUT2D eigenvalue weighted by atomic mass is 10.0. The molecule has 23 heavy (non-hydrogen) atoms. The van der Waals surface area contributed by atoms with Crippen molar-refractivity contribution in [2.45, 2.75) is 31.4 Å². The maximum absolute atomic E-state index is 13.8. The van der Waals surface area contributed by atoms with Crippen molar-refractivity contribution < 1.29 is 18.7 Å². The van der Waals surface area contributed by atoms with Crippen LogP contribution in [0.1, 0.15) is 36.7 Å². The molecule has 122 valence electrons. The Morgan fingerprint density at radius 2 is 2.22 bits per heavy atom. The normalized spacial score (nSPS) is 22.4. The summed E-state index contributed by atoms with van der Waals surface area (Å²) in [6.45, 7) is 1.62. The van der Waals surface area contributed by atoms with Gasteiger partial charge in [-0.25, -0.2) is 4.39 Å². The van der Waals surface area contributed by atoms with Gasteiger partial charge in [-0.1, -0.05) is 17.7 Å². The topological polar surface area (TPSA) is 62.5 Å². The number of benzene rings is 1. The molecule has 6 heteroatoms. The average molecular weight is 338 g/mol. The summed E-state index contributed by atoms with van der Waals surface area (Å²) in [6.07, 6.45) is 1.08. The van der Waals surface area contributed by atoms with Gasteiger partial charge in [-0.05, 0) is 37.6 Å². The van der Waals surface area contributed by atoms with Crippen LogP contribution in [0, 0.1) is 11.7 Å². The second-order valence-corrected chi connectivity index (χ2v) is 6.25. The number of furan rings is 1. The van der Waals surface area contributed by atoms with Crippen LogP contribution >= 0.6 is 11.6 Å². The zero-order valence-corrected chi connectivity index (χ0v) is 13.3. The Morgan fingerprint density at radius 1 is 1.43 bits per heavy atom. The summed E-state index contributed by atoms with van der Waals surface area (Å²) < 4.78 is 19.1. The van der Waals surface area contributed by atoms with Crippen LogP contribution in [0.5, 0.6) is 0 Å². The first-order chi connectivity index (χ1) is 11.0. The van der Waals surface area contributed by atoms with Crippen LogP contribution in [-0.4, -0.2) is 17.1 Å². The third kappa shape index (κ3) is 3.26. The summed E-state index contributed by atoms with van der Waals surface area (Å²) in [6, 6.07) is 7.17. The molecule has 1 heterocycles. The van der Waals surface area contributed by atoms with Gasteiger partial charge in [0.25, 0.3) is 0 Å². The van der Waals surface area contributed by atoms with E-state index in [2.05, 4.69) is 5.32 Å². The highest BCUT2D eigenvalue weighted by Gasteiger charge is 2.46. The van der Waals surface area contributed by atoms with Gasteiger partial charge in [-0.3, -0.25) is 4.79 Å². The molecule has 4 atom stereocenters. The number of carbonyl (C=O) groups excluding carboxylic acids is 1. The molecule has 2 N–H and O–H groups in total. The lowest BCUT2D eigenvalue weighted by molar-refractivity contribution is -0.123. The number of hydrogen-bond acceptors (Lipinski definition) is 3. The van der Waals surface area contributed by atoms with Gasteiger partial charge in [0.05, 0.1) is 12.3 Å². The molecule has 0 unspecified atom stereocenters. The number of carbonyl (C=O) groups is 1. The molecule has 0 spiro atoms. The lowest BCUT2D eigenvalue weighted by Gasteiger charge is -2.22.